The predicted octanol–water partition coefficient (Wildman–Crippen LogP) is 9.22. The van der Waals surface area contributed by atoms with Gasteiger partial charge in [-0.1, -0.05) is 111 Å². The monoisotopic (exact) mass is 390 g/mol. The van der Waals surface area contributed by atoms with Gasteiger partial charge in [-0.25, -0.2) is 4.98 Å². The van der Waals surface area contributed by atoms with E-state index in [-0.39, 0.29) is 0 Å². The Balaban J connectivity index is 2.06. The molecule has 0 N–H and O–H groups in total. The Labute approximate surface area is 176 Å². The number of imidazole rings is 1. The maximum atomic E-state index is 4.70. The van der Waals surface area contributed by atoms with E-state index in [1.807, 2.05) is 6.20 Å². The van der Waals surface area contributed by atoms with Crippen molar-refractivity contribution in [2.75, 3.05) is 0 Å². The molecule has 0 aliphatic rings. The van der Waals surface area contributed by atoms with Crippen LogP contribution in [0.1, 0.15) is 155 Å². The number of hydrogen-bond acceptors (Lipinski definition) is 1. The molecule has 164 valence electrons. The second-order valence-electron chi connectivity index (χ2n) is 8.97. The molecule has 0 bridgehead atoms. The lowest BCUT2D eigenvalue weighted by atomic mass is 9.99. The predicted molar refractivity (Wildman–Crippen MR) is 125 cm³/mol. The Morgan fingerprint density at radius 3 is 1.75 bits per heavy atom. The van der Waals surface area contributed by atoms with Crippen molar-refractivity contribution in [3.8, 4) is 0 Å². The maximum Gasteiger partial charge on any atom is 0.111 e. The molecule has 0 saturated carbocycles. The molecule has 0 aliphatic heterocycles. The summed E-state index contributed by atoms with van der Waals surface area (Å²) in [5.74, 6) is 1.96. The van der Waals surface area contributed by atoms with Crippen LogP contribution in [0, 0.1) is 0 Å². The van der Waals surface area contributed by atoms with Crippen LogP contribution < -0.4 is 0 Å². The van der Waals surface area contributed by atoms with E-state index in [4.69, 9.17) is 4.98 Å². The van der Waals surface area contributed by atoms with Gasteiger partial charge in [0.1, 0.15) is 5.82 Å². The molecular formula is C26H50N2. The molecule has 0 saturated heterocycles. The average Bonchev–Trinajstić information content (AvgIpc) is 3.19. The third kappa shape index (κ3) is 10.7. The van der Waals surface area contributed by atoms with E-state index >= 15 is 0 Å². The van der Waals surface area contributed by atoms with Crippen LogP contribution in [-0.4, -0.2) is 9.55 Å². The van der Waals surface area contributed by atoms with Crippen LogP contribution in [0.5, 0.6) is 0 Å². The fourth-order valence-electron chi connectivity index (χ4n) is 4.47. The van der Waals surface area contributed by atoms with Gasteiger partial charge in [0.15, 0.2) is 0 Å². The largest absolute Gasteiger partial charge is 0.332 e. The minimum absolute atomic E-state index is 0.594. The highest BCUT2D eigenvalue weighted by molar-refractivity contribution is 5.02. The lowest BCUT2D eigenvalue weighted by molar-refractivity contribution is 0.430. The van der Waals surface area contributed by atoms with Crippen molar-refractivity contribution in [1.29, 1.82) is 0 Å². The Morgan fingerprint density at radius 1 is 0.714 bits per heavy atom. The van der Waals surface area contributed by atoms with Crippen molar-refractivity contribution in [1.82, 2.24) is 9.55 Å². The summed E-state index contributed by atoms with van der Waals surface area (Å²) in [6, 6.07) is 0.594. The molecule has 2 atom stereocenters. The SMILES string of the molecule is CCCCCCCCCCCCCCCC(C)n1ccnc1C(CC)CCC. The van der Waals surface area contributed by atoms with E-state index in [9.17, 15) is 0 Å². The number of rotatable bonds is 19. The van der Waals surface area contributed by atoms with Gasteiger partial charge in [-0.15, -0.1) is 0 Å². The minimum atomic E-state index is 0.594. The molecule has 28 heavy (non-hydrogen) atoms. The average molecular weight is 391 g/mol. The standard InChI is InChI=1S/C26H50N2/c1-5-8-9-10-11-12-13-14-15-16-17-18-19-21-24(4)28-23-22-27-26(28)25(7-3)20-6-2/h22-25H,5-21H2,1-4H3. The summed E-state index contributed by atoms with van der Waals surface area (Å²) in [7, 11) is 0. The number of nitrogens with zero attached hydrogens (tertiary/aromatic N) is 2. The first-order valence-corrected chi connectivity index (χ1v) is 12.8. The van der Waals surface area contributed by atoms with Crippen molar-refractivity contribution in [3.63, 3.8) is 0 Å². The minimum Gasteiger partial charge on any atom is -0.332 e. The molecule has 0 aliphatic carbocycles. The van der Waals surface area contributed by atoms with Gasteiger partial charge in [0.05, 0.1) is 0 Å². The summed E-state index contributed by atoms with van der Waals surface area (Å²) in [6.07, 6.45) is 27.9. The van der Waals surface area contributed by atoms with E-state index < -0.39 is 0 Å². The fraction of sp³-hybridized carbons (Fsp3) is 0.885. The molecule has 0 spiro atoms. The zero-order chi connectivity index (χ0) is 20.5. The molecule has 0 fully saturated rings. The number of hydrogen-bond donors (Lipinski definition) is 0. The molecule has 2 heteroatoms. The van der Waals surface area contributed by atoms with Gasteiger partial charge in [-0.2, -0.15) is 0 Å². The third-order valence-corrected chi connectivity index (χ3v) is 6.39. The smallest absolute Gasteiger partial charge is 0.111 e. The number of unbranched alkanes of at least 4 members (excludes halogenated alkanes) is 12. The van der Waals surface area contributed by atoms with Crippen molar-refractivity contribution in [2.24, 2.45) is 0 Å². The van der Waals surface area contributed by atoms with Gasteiger partial charge < -0.3 is 4.57 Å². The summed E-state index contributed by atoms with van der Waals surface area (Å²) in [4.78, 5) is 4.70. The van der Waals surface area contributed by atoms with Gasteiger partial charge >= 0.3 is 0 Å². The molecule has 1 aromatic heterocycles. The van der Waals surface area contributed by atoms with E-state index in [2.05, 4.69) is 38.5 Å². The van der Waals surface area contributed by atoms with Crippen LogP contribution in [0.15, 0.2) is 12.4 Å². The first-order chi connectivity index (χ1) is 13.7. The van der Waals surface area contributed by atoms with E-state index in [0.29, 0.717) is 12.0 Å². The lowest BCUT2D eigenvalue weighted by Crippen LogP contribution is -2.12. The van der Waals surface area contributed by atoms with E-state index in [1.54, 1.807) is 0 Å². The van der Waals surface area contributed by atoms with E-state index in [0.717, 1.165) is 0 Å². The summed E-state index contributed by atoms with van der Waals surface area (Å²) < 4.78 is 2.46. The van der Waals surface area contributed by atoms with Gasteiger partial charge in [-0.05, 0) is 26.2 Å². The highest BCUT2D eigenvalue weighted by Crippen LogP contribution is 2.27. The zero-order valence-corrected chi connectivity index (χ0v) is 19.7. The molecule has 1 rings (SSSR count). The van der Waals surface area contributed by atoms with Gasteiger partial charge in [0, 0.05) is 24.4 Å². The third-order valence-electron chi connectivity index (χ3n) is 6.39. The number of aromatic nitrogens is 2. The van der Waals surface area contributed by atoms with Crippen LogP contribution in [-0.2, 0) is 0 Å². The molecule has 0 amide bonds. The molecule has 2 nitrogen and oxygen atoms in total. The highest BCUT2D eigenvalue weighted by atomic mass is 15.1. The molecule has 1 heterocycles. The fourth-order valence-corrected chi connectivity index (χ4v) is 4.47. The first kappa shape index (κ1) is 25.2. The molecular weight excluding hydrogens is 340 g/mol. The Morgan fingerprint density at radius 2 is 1.25 bits per heavy atom. The highest BCUT2D eigenvalue weighted by Gasteiger charge is 2.17. The normalized spacial score (nSPS) is 13.7. The van der Waals surface area contributed by atoms with Crippen molar-refractivity contribution < 1.29 is 0 Å². The van der Waals surface area contributed by atoms with Gasteiger partial charge in [0.25, 0.3) is 0 Å². The van der Waals surface area contributed by atoms with Crippen LogP contribution in [0.25, 0.3) is 0 Å². The quantitative estimate of drug-likeness (QED) is 0.215. The van der Waals surface area contributed by atoms with Crippen molar-refractivity contribution in [3.05, 3.63) is 18.2 Å². The lowest BCUT2D eigenvalue weighted by Gasteiger charge is -2.21. The van der Waals surface area contributed by atoms with Crippen LogP contribution >= 0.6 is 0 Å². The summed E-state index contributed by atoms with van der Waals surface area (Å²) >= 11 is 0. The van der Waals surface area contributed by atoms with Gasteiger partial charge in [0.2, 0.25) is 0 Å². The van der Waals surface area contributed by atoms with Crippen LogP contribution in [0.2, 0.25) is 0 Å². The molecule has 1 aromatic rings. The topological polar surface area (TPSA) is 17.8 Å². The summed E-state index contributed by atoms with van der Waals surface area (Å²) in [6.45, 7) is 9.26. The van der Waals surface area contributed by atoms with E-state index in [1.165, 1.54) is 115 Å². The zero-order valence-electron chi connectivity index (χ0n) is 19.7. The molecule has 0 aromatic carbocycles. The van der Waals surface area contributed by atoms with Crippen LogP contribution in [0.4, 0.5) is 0 Å². The summed E-state index contributed by atoms with van der Waals surface area (Å²) in [5.41, 5.74) is 0. The van der Waals surface area contributed by atoms with Gasteiger partial charge in [-0.3, -0.25) is 0 Å². The van der Waals surface area contributed by atoms with Crippen molar-refractivity contribution >= 4 is 0 Å². The first-order valence-electron chi connectivity index (χ1n) is 12.8. The second-order valence-corrected chi connectivity index (χ2v) is 8.97. The Hall–Kier alpha value is -0.790. The maximum absolute atomic E-state index is 4.70. The Bertz CT molecular complexity index is 451. The molecule has 2 unspecified atom stereocenters. The van der Waals surface area contributed by atoms with Crippen molar-refractivity contribution in [2.45, 2.75) is 149 Å². The van der Waals surface area contributed by atoms with Crippen LogP contribution in [0.3, 0.4) is 0 Å². The summed E-state index contributed by atoms with van der Waals surface area (Å²) in [5, 5.41) is 0. The molecule has 0 radical (unpaired) electrons. The second kappa shape index (κ2) is 17.1. The Kier molecular flexibility index (Phi) is 15.4.